The Morgan fingerprint density at radius 1 is 1.53 bits per heavy atom. The van der Waals surface area contributed by atoms with E-state index in [4.69, 9.17) is 5.11 Å². The molecule has 0 aromatic carbocycles. The monoisotopic (exact) mass is 305 g/mol. The summed E-state index contributed by atoms with van der Waals surface area (Å²) in [5, 5.41) is 20.4. The van der Waals surface area contributed by atoms with E-state index in [-0.39, 0.29) is 22.9 Å². The lowest BCUT2D eigenvalue weighted by molar-refractivity contribution is 0.0698. The molecule has 19 heavy (non-hydrogen) atoms. The summed E-state index contributed by atoms with van der Waals surface area (Å²) in [4.78, 5) is 10.8. The molecule has 1 aromatic heterocycles. The van der Waals surface area contributed by atoms with E-state index in [2.05, 4.69) is 0 Å². The lowest BCUT2D eigenvalue weighted by Gasteiger charge is -2.19. The van der Waals surface area contributed by atoms with Crippen molar-refractivity contribution in [2.75, 3.05) is 13.1 Å². The van der Waals surface area contributed by atoms with Crippen molar-refractivity contribution in [1.82, 2.24) is 4.31 Å². The number of nitrogens with zero attached hydrogens (tertiary/aromatic N) is 1. The van der Waals surface area contributed by atoms with Gasteiger partial charge in [-0.15, -0.1) is 11.3 Å². The second-order valence-corrected chi connectivity index (χ2v) is 7.72. The van der Waals surface area contributed by atoms with Gasteiger partial charge in [-0.3, -0.25) is 0 Å². The molecule has 0 bridgehead atoms. The van der Waals surface area contributed by atoms with Gasteiger partial charge >= 0.3 is 5.97 Å². The van der Waals surface area contributed by atoms with Gasteiger partial charge in [0.05, 0.1) is 5.60 Å². The minimum absolute atomic E-state index is 0.0102. The number of carboxylic acid groups (broad SMARTS) is 1. The highest BCUT2D eigenvalue weighted by Gasteiger charge is 2.40. The van der Waals surface area contributed by atoms with E-state index in [0.717, 1.165) is 15.6 Å². The number of aromatic carboxylic acids is 1. The highest BCUT2D eigenvalue weighted by molar-refractivity contribution is 7.89. The third kappa shape index (κ3) is 2.53. The van der Waals surface area contributed by atoms with Gasteiger partial charge in [-0.2, -0.15) is 4.31 Å². The van der Waals surface area contributed by atoms with E-state index >= 15 is 0 Å². The van der Waals surface area contributed by atoms with Crippen LogP contribution in [-0.4, -0.2) is 47.6 Å². The molecular formula is C11H15NO5S2. The van der Waals surface area contributed by atoms with Crippen molar-refractivity contribution in [2.45, 2.75) is 30.8 Å². The van der Waals surface area contributed by atoms with Crippen LogP contribution in [0.4, 0.5) is 0 Å². The molecule has 6 nitrogen and oxygen atoms in total. The minimum Gasteiger partial charge on any atom is -0.477 e. The van der Waals surface area contributed by atoms with Crippen LogP contribution in [0.5, 0.6) is 0 Å². The average molecular weight is 305 g/mol. The van der Waals surface area contributed by atoms with Gasteiger partial charge in [-0.1, -0.05) is 0 Å². The second-order valence-electron chi connectivity index (χ2n) is 4.97. The maximum absolute atomic E-state index is 12.5. The smallest absolute Gasteiger partial charge is 0.347 e. The highest BCUT2D eigenvalue weighted by atomic mass is 32.2. The molecule has 2 heterocycles. The zero-order valence-corrected chi connectivity index (χ0v) is 12.2. The molecule has 0 saturated carbocycles. The zero-order valence-electron chi connectivity index (χ0n) is 10.6. The molecule has 0 spiro atoms. The Morgan fingerprint density at radius 3 is 2.63 bits per heavy atom. The standard InChI is InChI=1S/C11H15NO5S2/c1-7-5-18-8(10(13)14)9(7)19(16,17)12-4-3-11(2,15)6-12/h5,15H,3-4,6H2,1-2H3,(H,13,14). The first kappa shape index (κ1) is 14.4. The van der Waals surface area contributed by atoms with Gasteiger partial charge in [0.2, 0.25) is 10.0 Å². The summed E-state index contributed by atoms with van der Waals surface area (Å²) in [6.07, 6.45) is 0.345. The van der Waals surface area contributed by atoms with Crippen LogP contribution in [0.25, 0.3) is 0 Å². The molecule has 1 aromatic rings. The summed E-state index contributed by atoms with van der Waals surface area (Å²) in [6, 6.07) is 0. The molecule has 1 aliphatic heterocycles. The summed E-state index contributed by atoms with van der Waals surface area (Å²) >= 11 is 0.902. The highest BCUT2D eigenvalue weighted by Crippen LogP contribution is 2.33. The molecule has 0 aliphatic carbocycles. The molecule has 1 saturated heterocycles. The molecule has 0 radical (unpaired) electrons. The molecule has 1 aliphatic rings. The summed E-state index contributed by atoms with van der Waals surface area (Å²) < 4.78 is 26.1. The topological polar surface area (TPSA) is 94.9 Å². The maximum Gasteiger partial charge on any atom is 0.347 e. The molecule has 106 valence electrons. The van der Waals surface area contributed by atoms with Gasteiger partial charge in [0.15, 0.2) is 0 Å². The van der Waals surface area contributed by atoms with Gasteiger partial charge in [0.25, 0.3) is 0 Å². The minimum atomic E-state index is -3.87. The lowest BCUT2D eigenvalue weighted by atomic mass is 10.1. The number of hydrogen-bond donors (Lipinski definition) is 2. The number of rotatable bonds is 3. The number of β-amino-alcohol motifs (C(OH)–C–C–N with tert-alkyl or cyclic N) is 1. The van der Waals surface area contributed by atoms with E-state index in [0.29, 0.717) is 12.0 Å². The quantitative estimate of drug-likeness (QED) is 0.865. The summed E-state index contributed by atoms with van der Waals surface area (Å²) in [7, 11) is -3.87. The first-order valence-corrected chi connectivity index (χ1v) is 8.01. The number of carboxylic acids is 1. The number of aryl methyl sites for hydroxylation is 1. The number of carbonyl (C=O) groups is 1. The van der Waals surface area contributed by atoms with Crippen molar-refractivity contribution in [3.8, 4) is 0 Å². The summed E-state index contributed by atoms with van der Waals surface area (Å²) in [6.45, 7) is 3.33. The molecule has 2 rings (SSSR count). The Labute approximate surface area is 115 Å². The molecule has 1 atom stereocenters. The van der Waals surface area contributed by atoms with Crippen LogP contribution < -0.4 is 0 Å². The molecule has 0 amide bonds. The molecule has 8 heteroatoms. The summed E-state index contributed by atoms with van der Waals surface area (Å²) in [5.74, 6) is -1.25. The Hall–Kier alpha value is -0.960. The SMILES string of the molecule is Cc1csc(C(=O)O)c1S(=O)(=O)N1CCC(C)(O)C1. The van der Waals surface area contributed by atoms with Crippen LogP contribution in [0.3, 0.4) is 0 Å². The van der Waals surface area contributed by atoms with Crippen molar-refractivity contribution in [1.29, 1.82) is 0 Å². The van der Waals surface area contributed by atoms with E-state index in [1.807, 2.05) is 0 Å². The zero-order chi connectivity index (χ0) is 14.4. The second kappa shape index (κ2) is 4.55. The van der Waals surface area contributed by atoms with Crippen molar-refractivity contribution >= 4 is 27.3 Å². The first-order chi connectivity index (χ1) is 8.65. The Bertz CT molecular complexity index is 617. The fraction of sp³-hybridized carbons (Fsp3) is 0.545. The fourth-order valence-corrected chi connectivity index (χ4v) is 5.28. The Kier molecular flexibility index (Phi) is 3.46. The van der Waals surface area contributed by atoms with Crippen molar-refractivity contribution < 1.29 is 23.4 Å². The number of thiophene rings is 1. The molecule has 1 unspecified atom stereocenters. The Morgan fingerprint density at radius 2 is 2.16 bits per heavy atom. The number of aliphatic hydroxyl groups is 1. The van der Waals surface area contributed by atoms with Gasteiger partial charge < -0.3 is 10.2 Å². The molecule has 1 fully saturated rings. The van der Waals surface area contributed by atoms with Crippen molar-refractivity contribution in [3.63, 3.8) is 0 Å². The van der Waals surface area contributed by atoms with Gasteiger partial charge in [0.1, 0.15) is 9.77 Å². The number of hydrogen-bond acceptors (Lipinski definition) is 5. The van der Waals surface area contributed by atoms with Crippen molar-refractivity contribution in [2.24, 2.45) is 0 Å². The fourth-order valence-electron chi connectivity index (χ4n) is 2.14. The van der Waals surface area contributed by atoms with Crippen LogP contribution in [0.15, 0.2) is 10.3 Å². The van der Waals surface area contributed by atoms with Crippen LogP contribution in [0.1, 0.15) is 28.6 Å². The van der Waals surface area contributed by atoms with Crippen molar-refractivity contribution in [3.05, 3.63) is 15.8 Å². The van der Waals surface area contributed by atoms with Gasteiger partial charge in [0, 0.05) is 13.1 Å². The van der Waals surface area contributed by atoms with E-state index in [1.165, 1.54) is 5.38 Å². The molecular weight excluding hydrogens is 290 g/mol. The maximum atomic E-state index is 12.5. The lowest BCUT2D eigenvalue weighted by Crippen LogP contribution is -2.34. The van der Waals surface area contributed by atoms with Crippen LogP contribution in [0, 0.1) is 6.92 Å². The van der Waals surface area contributed by atoms with Crippen LogP contribution in [0.2, 0.25) is 0 Å². The predicted molar refractivity (Wildman–Crippen MR) is 70.0 cm³/mol. The molecule has 2 N–H and O–H groups in total. The third-order valence-electron chi connectivity index (χ3n) is 3.13. The van der Waals surface area contributed by atoms with E-state index in [1.54, 1.807) is 13.8 Å². The van der Waals surface area contributed by atoms with Crippen LogP contribution in [-0.2, 0) is 10.0 Å². The Balaban J connectivity index is 2.47. The van der Waals surface area contributed by atoms with E-state index < -0.39 is 21.6 Å². The van der Waals surface area contributed by atoms with Gasteiger partial charge in [-0.25, -0.2) is 13.2 Å². The normalized spacial score (nSPS) is 24.8. The summed E-state index contributed by atoms with van der Waals surface area (Å²) in [5.41, 5.74) is -0.630. The third-order valence-corrected chi connectivity index (χ3v) is 6.38. The van der Waals surface area contributed by atoms with Gasteiger partial charge in [-0.05, 0) is 31.2 Å². The number of sulfonamides is 1. The first-order valence-electron chi connectivity index (χ1n) is 5.69. The average Bonchev–Trinajstić information content (AvgIpc) is 2.82. The largest absolute Gasteiger partial charge is 0.477 e. The van der Waals surface area contributed by atoms with Crippen LogP contribution >= 0.6 is 11.3 Å². The predicted octanol–water partition coefficient (Wildman–Crippen LogP) is 0.900. The van der Waals surface area contributed by atoms with E-state index in [9.17, 15) is 18.3 Å².